The zero-order valence-electron chi connectivity index (χ0n) is 11.9. The standard InChI is InChI=1S/C13H22N2.C2H6/c1-4-5-6-8-13(2)15-10-7-9-14(3)11-12-15;1-2/h4-6,8H,1,7,9-12H2,2-3H3;1-2H3/b6-5-,13-8+;. The van der Waals surface area contributed by atoms with E-state index >= 15 is 0 Å². The first-order chi connectivity index (χ1) is 8.24. The molecule has 0 unspecified atom stereocenters. The SMILES string of the molecule is C=C/C=C\C=C(/C)N1CCCN(C)CC1.CC. The Labute approximate surface area is 107 Å². The molecule has 1 rings (SSSR count). The van der Waals surface area contributed by atoms with Crippen molar-refractivity contribution in [3.8, 4) is 0 Å². The highest BCUT2D eigenvalue weighted by atomic mass is 15.2. The molecule has 1 fully saturated rings. The van der Waals surface area contributed by atoms with Crippen molar-refractivity contribution in [2.24, 2.45) is 0 Å². The molecule has 0 aromatic carbocycles. The molecule has 0 aliphatic carbocycles. The van der Waals surface area contributed by atoms with Crippen LogP contribution in [0, 0.1) is 0 Å². The van der Waals surface area contributed by atoms with Crippen molar-refractivity contribution in [3.63, 3.8) is 0 Å². The Morgan fingerprint density at radius 2 is 1.76 bits per heavy atom. The van der Waals surface area contributed by atoms with Gasteiger partial charge in [0.1, 0.15) is 0 Å². The molecule has 0 N–H and O–H groups in total. The van der Waals surface area contributed by atoms with Gasteiger partial charge in [-0.3, -0.25) is 0 Å². The molecule has 2 heteroatoms. The average Bonchev–Trinajstić information content (AvgIpc) is 2.57. The fraction of sp³-hybridized carbons (Fsp3) is 0.600. The largest absolute Gasteiger partial charge is 0.374 e. The van der Waals surface area contributed by atoms with Crippen molar-refractivity contribution < 1.29 is 0 Å². The topological polar surface area (TPSA) is 6.48 Å². The van der Waals surface area contributed by atoms with Crippen molar-refractivity contribution in [2.75, 3.05) is 33.2 Å². The van der Waals surface area contributed by atoms with E-state index in [9.17, 15) is 0 Å². The van der Waals surface area contributed by atoms with Gasteiger partial charge in [-0.15, -0.1) is 0 Å². The summed E-state index contributed by atoms with van der Waals surface area (Å²) in [5.74, 6) is 0. The van der Waals surface area contributed by atoms with Gasteiger partial charge in [-0.1, -0.05) is 38.7 Å². The van der Waals surface area contributed by atoms with Crippen LogP contribution in [0.5, 0.6) is 0 Å². The van der Waals surface area contributed by atoms with Crippen molar-refractivity contribution >= 4 is 0 Å². The molecule has 98 valence electrons. The van der Waals surface area contributed by atoms with Crippen LogP contribution >= 0.6 is 0 Å². The van der Waals surface area contributed by atoms with Crippen LogP contribution < -0.4 is 0 Å². The van der Waals surface area contributed by atoms with E-state index in [4.69, 9.17) is 0 Å². The van der Waals surface area contributed by atoms with E-state index < -0.39 is 0 Å². The van der Waals surface area contributed by atoms with Crippen LogP contribution in [0.15, 0.2) is 36.6 Å². The van der Waals surface area contributed by atoms with Crippen LogP contribution in [0.1, 0.15) is 27.2 Å². The molecule has 1 aliphatic heterocycles. The highest BCUT2D eigenvalue weighted by molar-refractivity contribution is 5.13. The lowest BCUT2D eigenvalue weighted by atomic mass is 10.3. The van der Waals surface area contributed by atoms with Gasteiger partial charge in [0.25, 0.3) is 0 Å². The van der Waals surface area contributed by atoms with Gasteiger partial charge in [0.15, 0.2) is 0 Å². The van der Waals surface area contributed by atoms with Crippen LogP contribution in [0.3, 0.4) is 0 Å². The third-order valence-electron chi connectivity index (χ3n) is 2.80. The van der Waals surface area contributed by atoms with Gasteiger partial charge in [-0.25, -0.2) is 0 Å². The Kier molecular flexibility index (Phi) is 9.55. The van der Waals surface area contributed by atoms with E-state index in [2.05, 4.69) is 42.5 Å². The second kappa shape index (κ2) is 10.2. The molecule has 0 atom stereocenters. The highest BCUT2D eigenvalue weighted by Crippen LogP contribution is 2.08. The van der Waals surface area contributed by atoms with Gasteiger partial charge in [0.05, 0.1) is 0 Å². The Morgan fingerprint density at radius 1 is 1.06 bits per heavy atom. The average molecular weight is 236 g/mol. The van der Waals surface area contributed by atoms with E-state index in [0.29, 0.717) is 0 Å². The molecule has 0 bridgehead atoms. The van der Waals surface area contributed by atoms with Gasteiger partial charge in [-0.2, -0.15) is 0 Å². The molecular weight excluding hydrogens is 208 g/mol. The maximum Gasteiger partial charge on any atom is 0.0302 e. The third kappa shape index (κ3) is 7.01. The van der Waals surface area contributed by atoms with Crippen LogP contribution in [-0.4, -0.2) is 43.0 Å². The molecule has 0 radical (unpaired) electrons. The lowest BCUT2D eigenvalue weighted by molar-refractivity contribution is 0.326. The molecule has 0 saturated carbocycles. The smallest absolute Gasteiger partial charge is 0.0302 e. The second-order valence-corrected chi connectivity index (χ2v) is 4.07. The van der Waals surface area contributed by atoms with Crippen molar-refractivity contribution in [2.45, 2.75) is 27.2 Å². The molecule has 2 nitrogen and oxygen atoms in total. The Morgan fingerprint density at radius 3 is 2.41 bits per heavy atom. The summed E-state index contributed by atoms with van der Waals surface area (Å²) in [6, 6.07) is 0. The molecule has 1 aliphatic rings. The van der Waals surface area contributed by atoms with E-state index in [1.54, 1.807) is 6.08 Å². The predicted molar refractivity (Wildman–Crippen MR) is 78.1 cm³/mol. The van der Waals surface area contributed by atoms with E-state index in [0.717, 1.165) is 13.1 Å². The Balaban J connectivity index is 0.00000121. The van der Waals surface area contributed by atoms with Crippen molar-refractivity contribution in [1.82, 2.24) is 9.80 Å². The maximum absolute atomic E-state index is 3.66. The zero-order valence-corrected chi connectivity index (χ0v) is 11.9. The molecular formula is C15H28N2. The van der Waals surface area contributed by atoms with Gasteiger partial charge in [0, 0.05) is 25.3 Å². The first kappa shape index (κ1) is 16.0. The Hall–Kier alpha value is -1.02. The first-order valence-electron chi connectivity index (χ1n) is 6.63. The van der Waals surface area contributed by atoms with Crippen molar-refractivity contribution in [1.29, 1.82) is 0 Å². The summed E-state index contributed by atoms with van der Waals surface area (Å²) in [5.41, 5.74) is 1.35. The third-order valence-corrected chi connectivity index (χ3v) is 2.80. The number of hydrogen-bond acceptors (Lipinski definition) is 2. The summed E-state index contributed by atoms with van der Waals surface area (Å²) in [5, 5.41) is 0. The summed E-state index contributed by atoms with van der Waals surface area (Å²) in [7, 11) is 2.19. The van der Waals surface area contributed by atoms with E-state index in [1.807, 2.05) is 19.9 Å². The van der Waals surface area contributed by atoms with Gasteiger partial charge >= 0.3 is 0 Å². The monoisotopic (exact) mass is 236 g/mol. The first-order valence-corrected chi connectivity index (χ1v) is 6.63. The predicted octanol–water partition coefficient (Wildman–Crippen LogP) is 3.30. The highest BCUT2D eigenvalue weighted by Gasteiger charge is 2.11. The summed E-state index contributed by atoms with van der Waals surface area (Å²) in [6.45, 7) is 14.5. The zero-order chi connectivity index (χ0) is 13.1. The van der Waals surface area contributed by atoms with Crippen molar-refractivity contribution in [3.05, 3.63) is 36.6 Å². The summed E-state index contributed by atoms with van der Waals surface area (Å²) in [4.78, 5) is 4.85. The lowest BCUT2D eigenvalue weighted by Crippen LogP contribution is -2.27. The Bertz CT molecular complexity index is 254. The molecule has 1 saturated heterocycles. The molecule has 0 aromatic rings. The number of nitrogens with zero attached hydrogens (tertiary/aromatic N) is 2. The molecule has 1 heterocycles. The molecule has 17 heavy (non-hydrogen) atoms. The maximum atomic E-state index is 3.66. The van der Waals surface area contributed by atoms with E-state index in [1.165, 1.54) is 25.2 Å². The minimum absolute atomic E-state index is 1.14. The number of allylic oxidation sites excluding steroid dienone is 5. The summed E-state index contributed by atoms with van der Waals surface area (Å²) >= 11 is 0. The minimum atomic E-state index is 1.14. The van der Waals surface area contributed by atoms with E-state index in [-0.39, 0.29) is 0 Å². The van der Waals surface area contributed by atoms with Crippen LogP contribution in [0.2, 0.25) is 0 Å². The van der Waals surface area contributed by atoms with Crippen LogP contribution in [0.25, 0.3) is 0 Å². The van der Waals surface area contributed by atoms with Crippen LogP contribution in [-0.2, 0) is 0 Å². The number of hydrogen-bond donors (Lipinski definition) is 0. The normalized spacial score (nSPS) is 18.6. The van der Waals surface area contributed by atoms with Gasteiger partial charge in [-0.05, 0) is 33.0 Å². The number of likely N-dealkylation sites (N-methyl/N-ethyl adjacent to an activating group) is 1. The fourth-order valence-corrected chi connectivity index (χ4v) is 1.78. The molecule has 0 aromatic heterocycles. The number of rotatable bonds is 3. The quantitative estimate of drug-likeness (QED) is 0.694. The molecule has 0 spiro atoms. The summed E-state index contributed by atoms with van der Waals surface area (Å²) in [6.07, 6.45) is 9.24. The fourth-order valence-electron chi connectivity index (χ4n) is 1.78. The lowest BCUT2D eigenvalue weighted by Gasteiger charge is -2.23. The van der Waals surface area contributed by atoms with Gasteiger partial charge < -0.3 is 9.80 Å². The minimum Gasteiger partial charge on any atom is -0.374 e. The molecule has 0 amide bonds. The second-order valence-electron chi connectivity index (χ2n) is 4.07. The van der Waals surface area contributed by atoms with Crippen LogP contribution in [0.4, 0.5) is 0 Å². The summed E-state index contributed by atoms with van der Waals surface area (Å²) < 4.78 is 0. The van der Waals surface area contributed by atoms with Gasteiger partial charge in [0.2, 0.25) is 0 Å².